The Kier molecular flexibility index (Phi) is 5.26. The van der Waals surface area contributed by atoms with Crippen LogP contribution < -0.4 is 5.32 Å². The Morgan fingerprint density at radius 3 is 2.67 bits per heavy atom. The molecule has 1 fully saturated rings. The fourth-order valence-electron chi connectivity index (χ4n) is 1.35. The van der Waals surface area contributed by atoms with Gasteiger partial charge >= 0.3 is 5.97 Å². The van der Waals surface area contributed by atoms with Gasteiger partial charge in [0.2, 0.25) is 5.91 Å². The van der Waals surface area contributed by atoms with Crippen molar-refractivity contribution in [3.63, 3.8) is 0 Å². The third-order valence-corrected chi connectivity index (χ3v) is 2.80. The lowest BCUT2D eigenvalue weighted by Gasteiger charge is -2.13. The number of hydrogen-bond acceptors (Lipinski definition) is 5. The molecule has 0 aromatic rings. The van der Waals surface area contributed by atoms with Gasteiger partial charge in [-0.1, -0.05) is 22.9 Å². The summed E-state index contributed by atoms with van der Waals surface area (Å²) in [7, 11) is 0. The van der Waals surface area contributed by atoms with E-state index < -0.39 is 23.7 Å². The van der Waals surface area contributed by atoms with E-state index in [4.69, 9.17) is 0 Å². The molecule has 1 aliphatic heterocycles. The molecule has 1 rings (SSSR count). The van der Waals surface area contributed by atoms with Crippen molar-refractivity contribution in [2.24, 2.45) is 5.92 Å². The molecule has 1 aliphatic rings. The number of hydroxylamine groups is 2. The molecule has 1 heterocycles. The van der Waals surface area contributed by atoms with E-state index >= 15 is 0 Å². The molecule has 1 atom stereocenters. The van der Waals surface area contributed by atoms with Crippen molar-refractivity contribution in [1.29, 1.82) is 0 Å². The molecule has 0 aliphatic carbocycles. The van der Waals surface area contributed by atoms with Crippen LogP contribution in [0.25, 0.3) is 0 Å². The standard InChI is InChI=1S/C10H13BrN2O5/c1-6-4-8(15)13(10(6)17)18-9(16)2-3-12-7(14)5-11/h6H,2-5H2,1H3,(H,12,14). The van der Waals surface area contributed by atoms with Crippen LogP contribution in [-0.4, -0.2) is 40.6 Å². The maximum absolute atomic E-state index is 11.4. The highest BCUT2D eigenvalue weighted by molar-refractivity contribution is 9.09. The van der Waals surface area contributed by atoms with Crippen molar-refractivity contribution >= 4 is 39.6 Å². The molecule has 7 nitrogen and oxygen atoms in total. The molecule has 8 heteroatoms. The van der Waals surface area contributed by atoms with Gasteiger partial charge in [0.05, 0.1) is 11.8 Å². The highest BCUT2D eigenvalue weighted by Gasteiger charge is 2.38. The van der Waals surface area contributed by atoms with E-state index in [2.05, 4.69) is 26.1 Å². The number of halogens is 1. The first kappa shape index (κ1) is 14.6. The monoisotopic (exact) mass is 320 g/mol. The Hall–Kier alpha value is -1.44. The summed E-state index contributed by atoms with van der Waals surface area (Å²) in [5.41, 5.74) is 0. The Balaban J connectivity index is 2.34. The van der Waals surface area contributed by atoms with Gasteiger partial charge in [-0.15, -0.1) is 5.06 Å². The van der Waals surface area contributed by atoms with Crippen LogP contribution in [0, 0.1) is 5.92 Å². The zero-order valence-corrected chi connectivity index (χ0v) is 11.4. The molecule has 0 bridgehead atoms. The minimum absolute atomic E-state index is 0.0481. The van der Waals surface area contributed by atoms with Crippen molar-refractivity contribution in [2.45, 2.75) is 19.8 Å². The lowest BCUT2D eigenvalue weighted by Crippen LogP contribution is -2.34. The van der Waals surface area contributed by atoms with Crippen LogP contribution in [0.2, 0.25) is 0 Å². The summed E-state index contributed by atoms with van der Waals surface area (Å²) in [5.74, 6) is -2.49. The van der Waals surface area contributed by atoms with Gasteiger partial charge < -0.3 is 10.2 Å². The molecule has 18 heavy (non-hydrogen) atoms. The third kappa shape index (κ3) is 3.80. The molecule has 1 unspecified atom stereocenters. The Morgan fingerprint density at radius 1 is 1.50 bits per heavy atom. The van der Waals surface area contributed by atoms with Gasteiger partial charge in [-0.2, -0.15) is 0 Å². The first-order chi connectivity index (χ1) is 8.45. The second kappa shape index (κ2) is 6.48. The molecule has 0 aromatic carbocycles. The van der Waals surface area contributed by atoms with Crippen LogP contribution in [0.4, 0.5) is 0 Å². The van der Waals surface area contributed by atoms with Crippen LogP contribution >= 0.6 is 15.9 Å². The first-order valence-corrected chi connectivity index (χ1v) is 6.48. The smallest absolute Gasteiger partial charge is 0.334 e. The van der Waals surface area contributed by atoms with Crippen molar-refractivity contribution in [3.8, 4) is 0 Å². The molecule has 100 valence electrons. The minimum atomic E-state index is -0.735. The third-order valence-electron chi connectivity index (χ3n) is 2.29. The summed E-state index contributed by atoms with van der Waals surface area (Å²) < 4.78 is 0. The maximum atomic E-state index is 11.4. The number of hydrogen-bond donors (Lipinski definition) is 1. The normalized spacial score (nSPS) is 19.0. The van der Waals surface area contributed by atoms with Crippen molar-refractivity contribution in [1.82, 2.24) is 10.4 Å². The Labute approximate surface area is 112 Å². The quantitative estimate of drug-likeness (QED) is 0.556. The number of imide groups is 1. The van der Waals surface area contributed by atoms with Crippen molar-refractivity contribution in [3.05, 3.63) is 0 Å². The highest BCUT2D eigenvalue weighted by atomic mass is 79.9. The lowest BCUT2D eigenvalue weighted by molar-refractivity contribution is -0.198. The van der Waals surface area contributed by atoms with Gasteiger partial charge in [-0.05, 0) is 0 Å². The summed E-state index contributed by atoms with van der Waals surface area (Å²) in [6.07, 6.45) is -0.0589. The Bertz CT molecular complexity index is 384. The van der Waals surface area contributed by atoms with E-state index in [0.717, 1.165) is 0 Å². The molecular formula is C10H13BrN2O5. The average Bonchev–Trinajstić information content (AvgIpc) is 2.56. The second-order valence-corrected chi connectivity index (χ2v) is 4.39. The summed E-state index contributed by atoms with van der Waals surface area (Å²) in [6.45, 7) is 1.68. The predicted octanol–water partition coefficient (Wildman–Crippen LogP) is -0.259. The zero-order valence-electron chi connectivity index (χ0n) is 9.77. The SMILES string of the molecule is CC1CC(=O)N(OC(=O)CCNC(=O)CBr)C1=O. The number of nitrogens with one attached hydrogen (secondary N) is 1. The molecule has 0 aromatic heterocycles. The summed E-state index contributed by atoms with van der Waals surface area (Å²) in [4.78, 5) is 49.6. The van der Waals surface area contributed by atoms with Crippen LogP contribution in [-0.2, 0) is 24.0 Å². The van der Waals surface area contributed by atoms with E-state index in [1.165, 1.54) is 0 Å². The van der Waals surface area contributed by atoms with Crippen LogP contribution in [0.3, 0.4) is 0 Å². The molecule has 0 radical (unpaired) electrons. The summed E-state index contributed by atoms with van der Waals surface area (Å²) in [5, 5.41) is 3.09. The molecule has 0 spiro atoms. The van der Waals surface area contributed by atoms with E-state index in [1.54, 1.807) is 6.92 Å². The second-order valence-electron chi connectivity index (χ2n) is 3.83. The lowest BCUT2D eigenvalue weighted by atomic mass is 10.1. The number of alkyl halides is 1. The fourth-order valence-corrected chi connectivity index (χ4v) is 1.55. The molecule has 3 amide bonds. The van der Waals surface area contributed by atoms with Crippen LogP contribution in [0.5, 0.6) is 0 Å². The van der Waals surface area contributed by atoms with Gasteiger partial charge in [-0.3, -0.25) is 14.4 Å². The van der Waals surface area contributed by atoms with Gasteiger partial charge in [0.1, 0.15) is 0 Å². The van der Waals surface area contributed by atoms with E-state index in [9.17, 15) is 19.2 Å². The van der Waals surface area contributed by atoms with E-state index in [1.807, 2.05) is 0 Å². The maximum Gasteiger partial charge on any atom is 0.334 e. The molecule has 1 saturated heterocycles. The first-order valence-electron chi connectivity index (χ1n) is 5.36. The summed E-state index contributed by atoms with van der Waals surface area (Å²) in [6, 6.07) is 0. The molecule has 1 N–H and O–H groups in total. The molecule has 0 saturated carbocycles. The van der Waals surface area contributed by atoms with Crippen molar-refractivity contribution < 1.29 is 24.0 Å². The van der Waals surface area contributed by atoms with Gasteiger partial charge in [0.15, 0.2) is 0 Å². The van der Waals surface area contributed by atoms with Gasteiger partial charge in [0, 0.05) is 18.9 Å². The van der Waals surface area contributed by atoms with Crippen molar-refractivity contribution in [2.75, 3.05) is 11.9 Å². The predicted molar refractivity (Wildman–Crippen MR) is 63.1 cm³/mol. The zero-order chi connectivity index (χ0) is 13.7. The highest BCUT2D eigenvalue weighted by Crippen LogP contribution is 2.19. The molecular weight excluding hydrogens is 308 g/mol. The van der Waals surface area contributed by atoms with Gasteiger partial charge in [0.25, 0.3) is 11.8 Å². The topological polar surface area (TPSA) is 92.8 Å². The largest absolute Gasteiger partial charge is 0.355 e. The van der Waals surface area contributed by atoms with Crippen LogP contribution in [0.15, 0.2) is 0 Å². The number of amides is 3. The Morgan fingerprint density at radius 2 is 2.17 bits per heavy atom. The number of carbonyl (C=O) groups is 4. The van der Waals surface area contributed by atoms with E-state index in [0.29, 0.717) is 5.06 Å². The fraction of sp³-hybridized carbons (Fsp3) is 0.600. The average molecular weight is 321 g/mol. The van der Waals surface area contributed by atoms with Gasteiger partial charge in [-0.25, -0.2) is 4.79 Å². The number of nitrogens with zero attached hydrogens (tertiary/aromatic N) is 1. The minimum Gasteiger partial charge on any atom is -0.355 e. The number of rotatable bonds is 5. The summed E-state index contributed by atoms with van der Waals surface area (Å²) >= 11 is 2.95. The van der Waals surface area contributed by atoms with Crippen LogP contribution in [0.1, 0.15) is 19.8 Å². The number of carbonyl (C=O) groups excluding carboxylic acids is 4. The van der Waals surface area contributed by atoms with E-state index in [-0.39, 0.29) is 30.6 Å².